The molecule has 4 rings (SSSR count). The number of amides is 2. The number of nitrogens with one attached hydrogen (secondary N) is 2. The standard InChI is InChI=1S/C24H24N2O4/c1-15(2)23(24(28)25-19-9-10-20-21(13-19)30-14-29-20)26-22(27)12-16-7-8-17-5-3-4-6-18(17)11-16/h3-11,13,15,23H,12,14H2,1-2H3,(H,25,28)(H,26,27). The topological polar surface area (TPSA) is 76.7 Å². The molecule has 1 aliphatic rings. The van der Waals surface area contributed by atoms with Crippen LogP contribution in [0.5, 0.6) is 11.5 Å². The minimum atomic E-state index is -0.650. The molecule has 6 nitrogen and oxygen atoms in total. The molecule has 2 N–H and O–H groups in total. The predicted octanol–water partition coefficient (Wildman–Crippen LogP) is 3.89. The molecule has 0 fully saturated rings. The Bertz CT molecular complexity index is 1090. The van der Waals surface area contributed by atoms with Gasteiger partial charge in [-0.3, -0.25) is 9.59 Å². The third kappa shape index (κ3) is 4.38. The van der Waals surface area contributed by atoms with Gasteiger partial charge in [-0.25, -0.2) is 0 Å². The molecule has 3 aromatic rings. The Hall–Kier alpha value is -3.54. The van der Waals surface area contributed by atoms with Gasteiger partial charge in [-0.05, 0) is 34.4 Å². The van der Waals surface area contributed by atoms with Crippen LogP contribution in [-0.4, -0.2) is 24.6 Å². The van der Waals surface area contributed by atoms with Crippen LogP contribution in [0.4, 0.5) is 5.69 Å². The van der Waals surface area contributed by atoms with Gasteiger partial charge in [0, 0.05) is 11.8 Å². The zero-order valence-corrected chi connectivity index (χ0v) is 17.0. The van der Waals surface area contributed by atoms with Gasteiger partial charge >= 0.3 is 0 Å². The third-order valence-electron chi connectivity index (χ3n) is 5.08. The Morgan fingerprint density at radius 2 is 1.70 bits per heavy atom. The quantitative estimate of drug-likeness (QED) is 0.654. The summed E-state index contributed by atoms with van der Waals surface area (Å²) < 4.78 is 10.6. The second-order valence-electron chi connectivity index (χ2n) is 7.70. The number of hydrogen-bond donors (Lipinski definition) is 2. The SMILES string of the molecule is CC(C)C(NC(=O)Cc1ccc2ccccc2c1)C(=O)Nc1ccc2c(c1)OCO2. The van der Waals surface area contributed by atoms with Gasteiger partial charge in [0.05, 0.1) is 6.42 Å². The molecule has 0 aliphatic carbocycles. The number of anilines is 1. The predicted molar refractivity (Wildman–Crippen MR) is 116 cm³/mol. The van der Waals surface area contributed by atoms with Crippen molar-refractivity contribution in [1.29, 1.82) is 0 Å². The van der Waals surface area contributed by atoms with Gasteiger partial charge in [-0.15, -0.1) is 0 Å². The number of carbonyl (C=O) groups is 2. The molecule has 6 heteroatoms. The summed E-state index contributed by atoms with van der Waals surface area (Å²) >= 11 is 0. The first-order valence-corrected chi connectivity index (χ1v) is 9.97. The van der Waals surface area contributed by atoms with Gasteiger partial charge in [-0.2, -0.15) is 0 Å². The number of ether oxygens (including phenoxy) is 2. The summed E-state index contributed by atoms with van der Waals surface area (Å²) in [5.41, 5.74) is 1.50. The molecule has 30 heavy (non-hydrogen) atoms. The van der Waals surface area contributed by atoms with Gasteiger partial charge in [0.1, 0.15) is 6.04 Å². The van der Waals surface area contributed by atoms with Crippen LogP contribution >= 0.6 is 0 Å². The summed E-state index contributed by atoms with van der Waals surface area (Å²) in [5, 5.41) is 7.95. The fourth-order valence-corrected chi connectivity index (χ4v) is 3.49. The van der Waals surface area contributed by atoms with E-state index in [1.807, 2.05) is 56.3 Å². The van der Waals surface area contributed by atoms with Gasteiger partial charge in [0.2, 0.25) is 18.6 Å². The van der Waals surface area contributed by atoms with E-state index in [-0.39, 0.29) is 30.9 Å². The van der Waals surface area contributed by atoms with E-state index in [2.05, 4.69) is 10.6 Å². The molecule has 3 aromatic carbocycles. The number of rotatable bonds is 6. The average Bonchev–Trinajstić information content (AvgIpc) is 3.19. The van der Waals surface area contributed by atoms with Gasteiger partial charge in [-0.1, -0.05) is 56.3 Å². The summed E-state index contributed by atoms with van der Waals surface area (Å²) in [6.07, 6.45) is 0.214. The lowest BCUT2D eigenvalue weighted by Crippen LogP contribution is -2.47. The molecule has 1 aliphatic heterocycles. The van der Waals surface area contributed by atoms with Crippen molar-refractivity contribution in [2.45, 2.75) is 26.3 Å². The van der Waals surface area contributed by atoms with E-state index in [9.17, 15) is 9.59 Å². The molecule has 0 radical (unpaired) electrons. The summed E-state index contributed by atoms with van der Waals surface area (Å²) in [5.74, 6) is 0.714. The van der Waals surface area contributed by atoms with Crippen molar-refractivity contribution in [3.05, 3.63) is 66.2 Å². The Balaban J connectivity index is 1.41. The second-order valence-corrected chi connectivity index (χ2v) is 7.70. The number of fused-ring (bicyclic) bond motifs is 2. The van der Waals surface area contributed by atoms with Crippen LogP contribution in [-0.2, 0) is 16.0 Å². The highest BCUT2D eigenvalue weighted by Crippen LogP contribution is 2.34. The van der Waals surface area contributed by atoms with Crippen LogP contribution < -0.4 is 20.1 Å². The molecule has 0 aromatic heterocycles. The fourth-order valence-electron chi connectivity index (χ4n) is 3.49. The summed E-state index contributed by atoms with van der Waals surface area (Å²) in [4.78, 5) is 25.5. The maximum absolute atomic E-state index is 12.8. The number of benzene rings is 3. The second kappa shape index (κ2) is 8.45. The molecule has 0 saturated heterocycles. The summed E-state index contributed by atoms with van der Waals surface area (Å²) in [6.45, 7) is 3.98. The van der Waals surface area contributed by atoms with Gasteiger partial charge < -0.3 is 20.1 Å². The highest BCUT2D eigenvalue weighted by Gasteiger charge is 2.25. The van der Waals surface area contributed by atoms with Crippen LogP contribution in [0.15, 0.2) is 60.7 Å². The first-order chi connectivity index (χ1) is 14.5. The van der Waals surface area contributed by atoms with Crippen molar-refractivity contribution >= 4 is 28.3 Å². The van der Waals surface area contributed by atoms with Crippen molar-refractivity contribution in [2.24, 2.45) is 5.92 Å². The third-order valence-corrected chi connectivity index (χ3v) is 5.08. The largest absolute Gasteiger partial charge is 0.454 e. The van der Waals surface area contributed by atoms with Crippen LogP contribution in [0, 0.1) is 5.92 Å². The van der Waals surface area contributed by atoms with Crippen molar-refractivity contribution in [3.63, 3.8) is 0 Å². The molecule has 154 valence electrons. The fraction of sp³-hybridized carbons (Fsp3) is 0.250. The van der Waals surface area contributed by atoms with Crippen molar-refractivity contribution in [2.75, 3.05) is 12.1 Å². The summed E-state index contributed by atoms with van der Waals surface area (Å²) in [7, 11) is 0. The Morgan fingerprint density at radius 3 is 2.50 bits per heavy atom. The lowest BCUT2D eigenvalue weighted by atomic mass is 10.0. The van der Waals surface area contributed by atoms with E-state index >= 15 is 0 Å². The molecule has 0 spiro atoms. The smallest absolute Gasteiger partial charge is 0.247 e. The van der Waals surface area contributed by atoms with Crippen LogP contribution in [0.2, 0.25) is 0 Å². The Morgan fingerprint density at radius 1 is 0.933 bits per heavy atom. The van der Waals surface area contributed by atoms with Crippen molar-refractivity contribution in [1.82, 2.24) is 5.32 Å². The minimum absolute atomic E-state index is 0.0698. The lowest BCUT2D eigenvalue weighted by Gasteiger charge is -2.22. The zero-order chi connectivity index (χ0) is 21.1. The molecule has 1 heterocycles. The minimum Gasteiger partial charge on any atom is -0.454 e. The average molecular weight is 404 g/mol. The Labute approximate surface area is 175 Å². The van der Waals surface area contributed by atoms with E-state index in [0.29, 0.717) is 17.2 Å². The van der Waals surface area contributed by atoms with Crippen molar-refractivity contribution in [3.8, 4) is 11.5 Å². The van der Waals surface area contributed by atoms with E-state index in [1.165, 1.54) is 0 Å². The highest BCUT2D eigenvalue weighted by atomic mass is 16.7. The van der Waals surface area contributed by atoms with Crippen LogP contribution in [0.1, 0.15) is 19.4 Å². The summed E-state index contributed by atoms with van der Waals surface area (Å²) in [6, 6.07) is 18.5. The first-order valence-electron chi connectivity index (χ1n) is 9.97. The number of hydrogen-bond acceptors (Lipinski definition) is 4. The molecular formula is C24H24N2O4. The van der Waals surface area contributed by atoms with Gasteiger partial charge in [0.25, 0.3) is 0 Å². The highest BCUT2D eigenvalue weighted by molar-refractivity contribution is 5.98. The normalized spacial score (nSPS) is 13.3. The zero-order valence-electron chi connectivity index (χ0n) is 17.0. The van der Waals surface area contributed by atoms with E-state index < -0.39 is 6.04 Å². The molecule has 0 saturated carbocycles. The Kier molecular flexibility index (Phi) is 5.57. The van der Waals surface area contributed by atoms with Crippen LogP contribution in [0.25, 0.3) is 10.8 Å². The first kappa shape index (κ1) is 19.8. The van der Waals surface area contributed by atoms with Gasteiger partial charge in [0.15, 0.2) is 11.5 Å². The van der Waals surface area contributed by atoms with E-state index in [4.69, 9.17) is 9.47 Å². The molecule has 1 atom stereocenters. The maximum Gasteiger partial charge on any atom is 0.247 e. The van der Waals surface area contributed by atoms with E-state index in [1.54, 1.807) is 18.2 Å². The van der Waals surface area contributed by atoms with Crippen LogP contribution in [0.3, 0.4) is 0 Å². The molecule has 2 amide bonds. The maximum atomic E-state index is 12.8. The van der Waals surface area contributed by atoms with Crippen molar-refractivity contribution < 1.29 is 19.1 Å². The molecule has 1 unspecified atom stereocenters. The molecular weight excluding hydrogens is 380 g/mol. The monoisotopic (exact) mass is 404 g/mol. The van der Waals surface area contributed by atoms with E-state index in [0.717, 1.165) is 16.3 Å². The lowest BCUT2D eigenvalue weighted by molar-refractivity contribution is -0.127. The number of carbonyl (C=O) groups excluding carboxylic acids is 2. The molecule has 0 bridgehead atoms.